The van der Waals surface area contributed by atoms with E-state index in [1.165, 1.54) is 0 Å². The normalized spacial score (nSPS) is 33.2. The Bertz CT molecular complexity index is 529. The molecule has 0 saturated carbocycles. The quantitative estimate of drug-likeness (QED) is 0.657. The Labute approximate surface area is 169 Å². The average molecular weight is 401 g/mol. The molecule has 2 amide bonds. The molecule has 7 heteroatoms. The monoisotopic (exact) mass is 400 g/mol. The van der Waals surface area contributed by atoms with E-state index in [4.69, 9.17) is 4.74 Å². The number of ether oxygens (including phenoxy) is 1. The zero-order valence-corrected chi connectivity index (χ0v) is 18.6. The maximum Gasteiger partial charge on any atom is 0.225 e. The Morgan fingerprint density at radius 1 is 1.29 bits per heavy atom. The lowest BCUT2D eigenvalue weighted by molar-refractivity contribution is -0.137. The summed E-state index contributed by atoms with van der Waals surface area (Å²) in [5.41, 5.74) is -1.34. The van der Waals surface area contributed by atoms with E-state index in [1.54, 1.807) is 25.8 Å². The topological polar surface area (TPSA) is 99.1 Å². The van der Waals surface area contributed by atoms with Crippen molar-refractivity contribution in [2.45, 2.75) is 103 Å². The van der Waals surface area contributed by atoms with Gasteiger partial charge >= 0.3 is 0 Å². The summed E-state index contributed by atoms with van der Waals surface area (Å²) in [6.07, 6.45) is 0.854. The van der Waals surface area contributed by atoms with Gasteiger partial charge < -0.3 is 25.2 Å². The highest BCUT2D eigenvalue weighted by Gasteiger charge is 2.32. The number of aliphatic hydroxyl groups is 2. The molecule has 164 valence electrons. The van der Waals surface area contributed by atoms with Crippen LogP contribution in [0, 0.1) is 5.92 Å². The molecule has 0 bridgehead atoms. The van der Waals surface area contributed by atoms with Crippen LogP contribution in [-0.4, -0.2) is 70.0 Å². The second-order valence-corrected chi connectivity index (χ2v) is 9.57. The molecule has 0 radical (unpaired) electrons. The zero-order chi connectivity index (χ0) is 21.7. The first-order chi connectivity index (χ1) is 12.7. The van der Waals surface area contributed by atoms with Crippen LogP contribution in [0.15, 0.2) is 0 Å². The summed E-state index contributed by atoms with van der Waals surface area (Å²) in [6.45, 7) is 11.6. The van der Waals surface area contributed by atoms with Crippen molar-refractivity contribution >= 4 is 11.8 Å². The number of nitrogens with zero attached hydrogens (tertiary/aromatic N) is 1. The number of hydrogen-bond acceptors (Lipinski definition) is 5. The van der Waals surface area contributed by atoms with Gasteiger partial charge in [0.2, 0.25) is 11.8 Å². The molecule has 7 nitrogen and oxygen atoms in total. The first kappa shape index (κ1) is 24.9. The Morgan fingerprint density at radius 3 is 2.46 bits per heavy atom. The highest BCUT2D eigenvalue weighted by atomic mass is 16.5. The molecule has 1 saturated heterocycles. The molecular formula is C21H40N2O5. The third-order valence-electron chi connectivity index (χ3n) is 5.43. The van der Waals surface area contributed by atoms with Crippen LogP contribution in [0.3, 0.4) is 0 Å². The van der Waals surface area contributed by atoms with Crippen molar-refractivity contribution in [2.24, 2.45) is 5.92 Å². The molecule has 5 atom stereocenters. The molecule has 0 aromatic rings. The molecule has 1 heterocycles. The number of amides is 2. The molecule has 3 N–H and O–H groups in total. The largest absolute Gasteiger partial charge is 0.392 e. The highest BCUT2D eigenvalue weighted by molar-refractivity contribution is 5.81. The summed E-state index contributed by atoms with van der Waals surface area (Å²) < 4.78 is 5.99. The molecule has 28 heavy (non-hydrogen) atoms. The third kappa shape index (κ3) is 8.45. The van der Waals surface area contributed by atoms with Crippen molar-refractivity contribution < 1.29 is 24.5 Å². The maximum absolute atomic E-state index is 12.7. The van der Waals surface area contributed by atoms with E-state index in [1.807, 2.05) is 27.7 Å². The Balaban J connectivity index is 3.02. The highest BCUT2D eigenvalue weighted by Crippen LogP contribution is 2.23. The van der Waals surface area contributed by atoms with Crippen molar-refractivity contribution in [1.29, 1.82) is 0 Å². The van der Waals surface area contributed by atoms with Crippen LogP contribution in [0.25, 0.3) is 0 Å². The molecule has 0 spiro atoms. The van der Waals surface area contributed by atoms with E-state index >= 15 is 0 Å². The van der Waals surface area contributed by atoms with Gasteiger partial charge in [0.15, 0.2) is 0 Å². The van der Waals surface area contributed by atoms with E-state index in [9.17, 15) is 19.8 Å². The van der Waals surface area contributed by atoms with Crippen LogP contribution in [0.1, 0.15) is 73.6 Å². The van der Waals surface area contributed by atoms with Gasteiger partial charge in [-0.2, -0.15) is 0 Å². The fourth-order valence-corrected chi connectivity index (χ4v) is 3.46. The standard InChI is InChI=1S/C21H40N2O5/c1-14-17(24)9-11-21(6,27)10-8-12-23(7)18(25)13-16(22-19(14)26)15(2)28-20(3,4)5/h14-17,24,27H,8-13H2,1-7H3,(H,22,26)/t14-,15-,16-,17+,21-/m1/s1. The summed E-state index contributed by atoms with van der Waals surface area (Å²) in [5, 5.41) is 23.8. The van der Waals surface area contributed by atoms with E-state index < -0.39 is 29.3 Å². The van der Waals surface area contributed by atoms with Crippen LogP contribution in [0.5, 0.6) is 0 Å². The van der Waals surface area contributed by atoms with E-state index in [0.29, 0.717) is 32.2 Å². The van der Waals surface area contributed by atoms with Gasteiger partial charge in [-0.05, 0) is 60.3 Å². The molecule has 0 aromatic heterocycles. The fraction of sp³-hybridized carbons (Fsp3) is 0.905. The summed E-state index contributed by atoms with van der Waals surface area (Å²) in [4.78, 5) is 27.0. The maximum atomic E-state index is 12.7. The summed E-state index contributed by atoms with van der Waals surface area (Å²) >= 11 is 0. The van der Waals surface area contributed by atoms with E-state index in [-0.39, 0.29) is 24.3 Å². The van der Waals surface area contributed by atoms with Gasteiger partial charge in [-0.25, -0.2) is 0 Å². The van der Waals surface area contributed by atoms with Crippen molar-refractivity contribution in [1.82, 2.24) is 10.2 Å². The predicted octanol–water partition coefficient (Wildman–Crippen LogP) is 1.85. The number of aliphatic hydroxyl groups excluding tert-OH is 1. The molecule has 1 rings (SSSR count). The summed E-state index contributed by atoms with van der Waals surface area (Å²) in [5.74, 6) is -1.04. The molecule has 1 fully saturated rings. The second-order valence-electron chi connectivity index (χ2n) is 9.57. The zero-order valence-electron chi connectivity index (χ0n) is 18.6. The fourth-order valence-electron chi connectivity index (χ4n) is 3.46. The lowest BCUT2D eigenvalue weighted by atomic mass is 9.89. The summed E-state index contributed by atoms with van der Waals surface area (Å²) in [6, 6.07) is -0.484. The van der Waals surface area contributed by atoms with Crippen LogP contribution in [-0.2, 0) is 14.3 Å². The van der Waals surface area contributed by atoms with Crippen LogP contribution in [0.2, 0.25) is 0 Å². The minimum atomic E-state index is -0.928. The van der Waals surface area contributed by atoms with Crippen LogP contribution in [0.4, 0.5) is 0 Å². The molecule has 1 aliphatic rings. The predicted molar refractivity (Wildman–Crippen MR) is 109 cm³/mol. The van der Waals surface area contributed by atoms with Gasteiger partial charge in [-0.1, -0.05) is 6.92 Å². The van der Waals surface area contributed by atoms with Crippen LogP contribution >= 0.6 is 0 Å². The third-order valence-corrected chi connectivity index (χ3v) is 5.43. The van der Waals surface area contributed by atoms with Gasteiger partial charge in [0.1, 0.15) is 0 Å². The van der Waals surface area contributed by atoms with Crippen molar-refractivity contribution in [3.05, 3.63) is 0 Å². The number of hydrogen-bond donors (Lipinski definition) is 3. The first-order valence-electron chi connectivity index (χ1n) is 10.3. The minimum Gasteiger partial charge on any atom is -0.392 e. The molecule has 0 aliphatic carbocycles. The van der Waals surface area contributed by atoms with Crippen molar-refractivity contribution in [3.8, 4) is 0 Å². The van der Waals surface area contributed by atoms with Crippen molar-refractivity contribution in [2.75, 3.05) is 13.6 Å². The van der Waals surface area contributed by atoms with Gasteiger partial charge in [0, 0.05) is 20.0 Å². The minimum absolute atomic E-state index is 0.0837. The van der Waals surface area contributed by atoms with Crippen molar-refractivity contribution in [3.63, 3.8) is 0 Å². The Morgan fingerprint density at radius 2 is 1.89 bits per heavy atom. The number of carbonyl (C=O) groups is 2. The molecule has 0 unspecified atom stereocenters. The Kier molecular flexibility index (Phi) is 8.91. The lowest BCUT2D eigenvalue weighted by Crippen LogP contribution is -2.51. The lowest BCUT2D eigenvalue weighted by Gasteiger charge is -2.34. The molecular weight excluding hydrogens is 360 g/mol. The Hall–Kier alpha value is -1.18. The van der Waals surface area contributed by atoms with Gasteiger partial charge in [0.05, 0.1) is 35.4 Å². The summed E-state index contributed by atoms with van der Waals surface area (Å²) in [7, 11) is 1.74. The van der Waals surface area contributed by atoms with Gasteiger partial charge in [-0.15, -0.1) is 0 Å². The van der Waals surface area contributed by atoms with Crippen LogP contribution < -0.4 is 5.32 Å². The van der Waals surface area contributed by atoms with E-state index in [2.05, 4.69) is 5.32 Å². The number of nitrogens with one attached hydrogen (secondary N) is 1. The van der Waals surface area contributed by atoms with Gasteiger partial charge in [0.25, 0.3) is 0 Å². The molecule has 0 aromatic carbocycles. The number of carbonyl (C=O) groups excluding carboxylic acids is 2. The SMILES string of the molecule is C[C@@H](OC(C)(C)C)[C@H]1CC(=O)N(C)CCC[C@@](C)(O)CC[C@H](O)[C@@H](C)C(=O)N1. The first-order valence-corrected chi connectivity index (χ1v) is 10.3. The van der Waals surface area contributed by atoms with E-state index in [0.717, 1.165) is 0 Å². The van der Waals surface area contributed by atoms with Gasteiger partial charge in [-0.3, -0.25) is 9.59 Å². The number of rotatable bonds is 2. The second kappa shape index (κ2) is 10.0. The average Bonchev–Trinajstić information content (AvgIpc) is 2.55. The molecule has 1 aliphatic heterocycles. The smallest absolute Gasteiger partial charge is 0.225 e.